The van der Waals surface area contributed by atoms with E-state index in [1.165, 1.54) is 0 Å². The van der Waals surface area contributed by atoms with E-state index >= 15 is 0 Å². The van der Waals surface area contributed by atoms with Crippen LogP contribution < -0.4 is 5.32 Å². The smallest absolute Gasteiger partial charge is 0.407 e. The molecule has 1 rings (SSSR count). The number of carbonyl (C=O) groups is 2. The van der Waals surface area contributed by atoms with Crippen LogP contribution >= 0.6 is 11.6 Å². The third-order valence-electron chi connectivity index (χ3n) is 3.03. The van der Waals surface area contributed by atoms with E-state index in [-0.39, 0.29) is 5.91 Å². The molecular formula is C17H25ClN2O3. The summed E-state index contributed by atoms with van der Waals surface area (Å²) in [5.41, 5.74) is 0.395. The van der Waals surface area contributed by atoms with Gasteiger partial charge >= 0.3 is 6.09 Å². The fourth-order valence-electron chi connectivity index (χ4n) is 1.91. The van der Waals surface area contributed by atoms with E-state index in [1.807, 2.05) is 18.2 Å². The van der Waals surface area contributed by atoms with Crippen molar-refractivity contribution in [3.63, 3.8) is 0 Å². The molecular weight excluding hydrogens is 316 g/mol. The van der Waals surface area contributed by atoms with E-state index in [1.54, 1.807) is 38.8 Å². The Morgan fingerprint density at radius 3 is 2.52 bits per heavy atom. The van der Waals surface area contributed by atoms with Gasteiger partial charge in [-0.3, -0.25) is 4.79 Å². The van der Waals surface area contributed by atoms with Gasteiger partial charge in [-0.25, -0.2) is 4.79 Å². The molecule has 1 N–H and O–H groups in total. The molecule has 0 atom stereocenters. The second kappa shape index (κ2) is 8.77. The summed E-state index contributed by atoms with van der Waals surface area (Å²) in [4.78, 5) is 25.2. The Morgan fingerprint density at radius 2 is 1.91 bits per heavy atom. The molecule has 0 saturated heterocycles. The quantitative estimate of drug-likeness (QED) is 0.805. The Kier molecular flexibility index (Phi) is 7.36. The van der Waals surface area contributed by atoms with Crippen LogP contribution in [0.1, 0.15) is 39.2 Å². The number of rotatable bonds is 6. The maximum absolute atomic E-state index is 12.1. The Labute approximate surface area is 142 Å². The molecule has 0 bridgehead atoms. The molecule has 0 spiro atoms. The average molecular weight is 341 g/mol. The second-order valence-electron chi connectivity index (χ2n) is 6.37. The summed E-state index contributed by atoms with van der Waals surface area (Å²) in [5.74, 6) is 0.0101. The third kappa shape index (κ3) is 7.88. The van der Waals surface area contributed by atoms with E-state index in [4.69, 9.17) is 16.3 Å². The topological polar surface area (TPSA) is 58.6 Å². The number of benzene rings is 1. The number of nitrogens with one attached hydrogen (secondary N) is 1. The largest absolute Gasteiger partial charge is 0.444 e. The van der Waals surface area contributed by atoms with Gasteiger partial charge in [-0.2, -0.15) is 0 Å². The molecule has 1 aromatic carbocycles. The Hall–Kier alpha value is -1.75. The molecule has 0 aliphatic rings. The fourth-order valence-corrected chi connectivity index (χ4v) is 2.10. The number of hydrogen-bond donors (Lipinski definition) is 1. The minimum absolute atomic E-state index is 0.0101. The van der Waals surface area contributed by atoms with Gasteiger partial charge in [-0.15, -0.1) is 0 Å². The molecule has 6 heteroatoms. The van der Waals surface area contributed by atoms with Crippen molar-refractivity contribution < 1.29 is 14.3 Å². The van der Waals surface area contributed by atoms with Crippen LogP contribution in [0, 0.1) is 0 Å². The van der Waals surface area contributed by atoms with E-state index in [0.717, 1.165) is 5.56 Å². The van der Waals surface area contributed by atoms with Crippen molar-refractivity contribution in [1.29, 1.82) is 0 Å². The number of halogens is 1. The number of alkyl carbamates (subject to hydrolysis) is 1. The molecule has 23 heavy (non-hydrogen) atoms. The predicted octanol–water partition coefficient (Wildman–Crippen LogP) is 3.60. The van der Waals surface area contributed by atoms with Crippen LogP contribution in [0.5, 0.6) is 0 Å². The van der Waals surface area contributed by atoms with Crippen LogP contribution in [-0.2, 0) is 16.1 Å². The zero-order valence-corrected chi connectivity index (χ0v) is 14.9. The zero-order valence-electron chi connectivity index (χ0n) is 14.2. The lowest BCUT2D eigenvalue weighted by Crippen LogP contribution is -2.33. The lowest BCUT2D eigenvalue weighted by atomic mass is 10.2. The number of amides is 2. The van der Waals surface area contributed by atoms with Crippen LogP contribution in [0.25, 0.3) is 0 Å². The first-order valence-electron chi connectivity index (χ1n) is 7.63. The molecule has 2 amide bonds. The average Bonchev–Trinajstić information content (AvgIpc) is 2.44. The van der Waals surface area contributed by atoms with Crippen LogP contribution in [0.4, 0.5) is 4.79 Å². The van der Waals surface area contributed by atoms with Gasteiger partial charge in [0.1, 0.15) is 5.60 Å². The van der Waals surface area contributed by atoms with Crippen molar-refractivity contribution in [2.75, 3.05) is 13.6 Å². The standard InChI is InChI=1S/C17H25ClN2O3/c1-17(2,3)23-16(22)19-11-7-10-15(21)20(4)12-13-8-5-6-9-14(13)18/h5-6,8-9H,7,10-12H2,1-4H3,(H,19,22). The Bertz CT molecular complexity index is 541. The minimum Gasteiger partial charge on any atom is -0.444 e. The minimum atomic E-state index is -0.519. The summed E-state index contributed by atoms with van der Waals surface area (Å²) >= 11 is 6.09. The molecule has 1 aromatic rings. The monoisotopic (exact) mass is 340 g/mol. The van der Waals surface area contributed by atoms with Crippen molar-refractivity contribution in [3.8, 4) is 0 Å². The molecule has 0 aliphatic carbocycles. The summed E-state index contributed by atoms with van der Waals surface area (Å²) in [5, 5.41) is 3.29. The highest BCUT2D eigenvalue weighted by atomic mass is 35.5. The van der Waals surface area contributed by atoms with Crippen LogP contribution in [0.2, 0.25) is 5.02 Å². The van der Waals surface area contributed by atoms with Gasteiger partial charge in [0.15, 0.2) is 0 Å². The lowest BCUT2D eigenvalue weighted by Gasteiger charge is -2.20. The van der Waals surface area contributed by atoms with E-state index in [9.17, 15) is 9.59 Å². The highest BCUT2D eigenvalue weighted by Gasteiger charge is 2.16. The predicted molar refractivity (Wildman–Crippen MR) is 91.4 cm³/mol. The lowest BCUT2D eigenvalue weighted by molar-refractivity contribution is -0.130. The zero-order chi connectivity index (χ0) is 17.5. The van der Waals surface area contributed by atoms with Crippen molar-refractivity contribution >= 4 is 23.6 Å². The number of hydrogen-bond acceptors (Lipinski definition) is 3. The Balaban J connectivity index is 2.28. The maximum Gasteiger partial charge on any atom is 0.407 e. The summed E-state index contributed by atoms with van der Waals surface area (Å²) in [6.07, 6.45) is 0.455. The van der Waals surface area contributed by atoms with Crippen molar-refractivity contribution in [2.45, 2.75) is 45.8 Å². The molecule has 0 saturated carbocycles. The van der Waals surface area contributed by atoms with Crippen LogP contribution in [-0.4, -0.2) is 36.1 Å². The van der Waals surface area contributed by atoms with Gasteiger partial charge in [0.2, 0.25) is 5.91 Å². The van der Waals surface area contributed by atoms with Crippen LogP contribution in [0.3, 0.4) is 0 Å². The molecule has 128 valence electrons. The maximum atomic E-state index is 12.1. The SMILES string of the molecule is CN(Cc1ccccc1Cl)C(=O)CCCNC(=O)OC(C)(C)C. The molecule has 5 nitrogen and oxygen atoms in total. The summed E-state index contributed by atoms with van der Waals surface area (Å²) < 4.78 is 5.12. The number of ether oxygens (including phenoxy) is 1. The first kappa shape index (κ1) is 19.3. The van der Waals surface area contributed by atoms with Gasteiger partial charge < -0.3 is 15.0 Å². The summed E-state index contributed by atoms with van der Waals surface area (Å²) in [6.45, 7) is 6.29. The van der Waals surface area contributed by atoms with E-state index in [2.05, 4.69) is 5.32 Å². The van der Waals surface area contributed by atoms with Gasteiger partial charge in [0.25, 0.3) is 0 Å². The highest BCUT2D eigenvalue weighted by Crippen LogP contribution is 2.16. The first-order valence-corrected chi connectivity index (χ1v) is 8.01. The number of carbonyl (C=O) groups excluding carboxylic acids is 2. The molecule has 0 radical (unpaired) electrons. The van der Waals surface area contributed by atoms with Gasteiger partial charge in [-0.05, 0) is 38.8 Å². The summed E-state index contributed by atoms with van der Waals surface area (Å²) in [7, 11) is 1.74. The van der Waals surface area contributed by atoms with Crippen LogP contribution in [0.15, 0.2) is 24.3 Å². The highest BCUT2D eigenvalue weighted by molar-refractivity contribution is 6.31. The fraction of sp³-hybridized carbons (Fsp3) is 0.529. The summed E-state index contributed by atoms with van der Waals surface area (Å²) in [6, 6.07) is 7.45. The van der Waals surface area contributed by atoms with Gasteiger partial charge in [-0.1, -0.05) is 29.8 Å². The molecule has 0 heterocycles. The first-order chi connectivity index (χ1) is 10.7. The van der Waals surface area contributed by atoms with Crippen molar-refractivity contribution in [1.82, 2.24) is 10.2 Å². The second-order valence-corrected chi connectivity index (χ2v) is 6.78. The van der Waals surface area contributed by atoms with Crippen molar-refractivity contribution in [2.24, 2.45) is 0 Å². The van der Waals surface area contributed by atoms with E-state index in [0.29, 0.717) is 31.0 Å². The molecule has 0 aliphatic heterocycles. The normalized spacial score (nSPS) is 11.0. The molecule has 0 aromatic heterocycles. The van der Waals surface area contributed by atoms with Gasteiger partial charge in [0, 0.05) is 31.6 Å². The Morgan fingerprint density at radius 1 is 1.26 bits per heavy atom. The molecule has 0 unspecified atom stereocenters. The number of nitrogens with zero attached hydrogens (tertiary/aromatic N) is 1. The third-order valence-corrected chi connectivity index (χ3v) is 3.40. The van der Waals surface area contributed by atoms with Crippen molar-refractivity contribution in [3.05, 3.63) is 34.9 Å². The van der Waals surface area contributed by atoms with E-state index < -0.39 is 11.7 Å². The van der Waals surface area contributed by atoms with Gasteiger partial charge in [0.05, 0.1) is 0 Å². The molecule has 0 fully saturated rings.